The quantitative estimate of drug-likeness (QED) is 0.258. The number of halogens is 2. The summed E-state index contributed by atoms with van der Waals surface area (Å²) in [4.78, 5) is 17.5. The zero-order valence-electron chi connectivity index (χ0n) is 14.3. The van der Waals surface area contributed by atoms with E-state index in [4.69, 9.17) is 11.6 Å². The summed E-state index contributed by atoms with van der Waals surface area (Å²) in [5, 5.41) is 7.23. The average Bonchev–Trinajstić information content (AvgIpc) is 2.51. The normalized spacial score (nSPS) is 10.8. The van der Waals surface area contributed by atoms with Crippen LogP contribution in [0.4, 0.5) is 0 Å². The zero-order valence-corrected chi connectivity index (χ0v) is 18.2. The van der Waals surface area contributed by atoms with Crippen LogP contribution in [0.15, 0.2) is 29.3 Å². The maximum atomic E-state index is 11.7. The van der Waals surface area contributed by atoms with Crippen molar-refractivity contribution >= 4 is 59.2 Å². The predicted molar refractivity (Wildman–Crippen MR) is 116 cm³/mol. The van der Waals surface area contributed by atoms with E-state index < -0.39 is 0 Å². The molecule has 1 aromatic carbocycles. The largest absolute Gasteiger partial charge is 0.356 e. The van der Waals surface area contributed by atoms with Crippen LogP contribution < -0.4 is 10.6 Å². The number of hydrogen-bond donors (Lipinski definition) is 2. The lowest BCUT2D eigenvalue weighted by molar-refractivity contribution is -0.127. The minimum atomic E-state index is -0.0224. The molecule has 5 nitrogen and oxygen atoms in total. The first-order valence-electron chi connectivity index (χ1n) is 7.48. The topological polar surface area (TPSA) is 56.7 Å². The summed E-state index contributed by atoms with van der Waals surface area (Å²) in [6.45, 7) is 1.67. The molecule has 0 unspecified atom stereocenters. The predicted octanol–water partition coefficient (Wildman–Crippen LogP) is 2.49. The molecule has 8 heteroatoms. The van der Waals surface area contributed by atoms with E-state index in [1.807, 2.05) is 24.3 Å². The maximum absolute atomic E-state index is 11.7. The second-order valence-electron chi connectivity index (χ2n) is 5.18. The van der Waals surface area contributed by atoms with Crippen molar-refractivity contribution in [3.63, 3.8) is 0 Å². The molecule has 0 atom stereocenters. The number of rotatable bonds is 8. The van der Waals surface area contributed by atoms with Crippen LogP contribution in [0.25, 0.3) is 0 Å². The Morgan fingerprint density at radius 3 is 2.62 bits per heavy atom. The third-order valence-corrected chi connectivity index (χ3v) is 3.91. The van der Waals surface area contributed by atoms with Gasteiger partial charge in [0.15, 0.2) is 5.96 Å². The summed E-state index contributed by atoms with van der Waals surface area (Å²) in [5.74, 6) is 1.62. The summed E-state index contributed by atoms with van der Waals surface area (Å²) < 4.78 is 0. The number of thioether (sulfide) groups is 1. The molecule has 0 aliphatic carbocycles. The molecular weight excluding hydrogens is 459 g/mol. The number of carbonyl (C=O) groups is 1. The van der Waals surface area contributed by atoms with Crippen molar-refractivity contribution in [2.24, 2.45) is 4.99 Å². The van der Waals surface area contributed by atoms with Gasteiger partial charge in [0.25, 0.3) is 0 Å². The van der Waals surface area contributed by atoms with E-state index >= 15 is 0 Å². The minimum Gasteiger partial charge on any atom is -0.356 e. The monoisotopic (exact) mass is 484 g/mol. The zero-order chi connectivity index (χ0) is 17.1. The van der Waals surface area contributed by atoms with E-state index in [-0.39, 0.29) is 36.4 Å². The standard InChI is InChI=1S/C16H25ClN4OS.HI/c1-21(2)15(22)12-20-16(19-9-10-23-3)18-8-7-13-5-4-6-14(17)11-13;/h4-6,11H,7-10,12H2,1-3H3,(H2,18,19,20);1H. The van der Waals surface area contributed by atoms with Gasteiger partial charge in [-0.15, -0.1) is 24.0 Å². The first-order valence-corrected chi connectivity index (χ1v) is 9.26. The smallest absolute Gasteiger partial charge is 0.243 e. The number of nitrogens with zero attached hydrogens (tertiary/aromatic N) is 2. The third-order valence-electron chi connectivity index (χ3n) is 3.07. The number of aliphatic imine (C=N–C) groups is 1. The van der Waals surface area contributed by atoms with Crippen LogP contribution in [-0.4, -0.2) is 62.5 Å². The van der Waals surface area contributed by atoms with Crippen LogP contribution >= 0.6 is 47.3 Å². The number of nitrogens with one attached hydrogen (secondary N) is 2. The van der Waals surface area contributed by atoms with Crippen molar-refractivity contribution in [2.75, 3.05) is 45.7 Å². The summed E-state index contributed by atoms with van der Waals surface area (Å²) in [5.41, 5.74) is 1.16. The van der Waals surface area contributed by atoms with E-state index in [9.17, 15) is 4.79 Å². The van der Waals surface area contributed by atoms with Gasteiger partial charge in [0, 0.05) is 38.0 Å². The van der Waals surface area contributed by atoms with Crippen LogP contribution in [0.2, 0.25) is 5.02 Å². The van der Waals surface area contributed by atoms with Gasteiger partial charge in [0.05, 0.1) is 0 Å². The lowest BCUT2D eigenvalue weighted by atomic mass is 10.1. The Balaban J connectivity index is 0.00000529. The molecule has 1 aromatic rings. The van der Waals surface area contributed by atoms with Gasteiger partial charge < -0.3 is 15.5 Å². The van der Waals surface area contributed by atoms with Gasteiger partial charge in [-0.05, 0) is 30.4 Å². The lowest BCUT2D eigenvalue weighted by Crippen LogP contribution is -2.40. The van der Waals surface area contributed by atoms with E-state index in [0.717, 1.165) is 35.8 Å². The number of hydrogen-bond acceptors (Lipinski definition) is 3. The Morgan fingerprint density at radius 2 is 2.00 bits per heavy atom. The molecule has 1 rings (SSSR count). The molecule has 0 heterocycles. The lowest BCUT2D eigenvalue weighted by Gasteiger charge is -2.13. The summed E-state index contributed by atoms with van der Waals surface area (Å²) in [6, 6.07) is 7.80. The second kappa shape index (κ2) is 13.6. The molecular formula is C16H26ClIN4OS. The molecule has 0 saturated carbocycles. The van der Waals surface area contributed by atoms with Crippen molar-refractivity contribution in [1.29, 1.82) is 0 Å². The number of guanidine groups is 1. The first kappa shape index (κ1) is 23.3. The van der Waals surface area contributed by atoms with Gasteiger partial charge >= 0.3 is 0 Å². The Kier molecular flexibility index (Phi) is 13.2. The number of amides is 1. The summed E-state index contributed by atoms with van der Waals surface area (Å²) in [6.07, 6.45) is 2.89. The van der Waals surface area contributed by atoms with E-state index in [0.29, 0.717) is 5.96 Å². The van der Waals surface area contributed by atoms with Gasteiger partial charge in [-0.3, -0.25) is 4.79 Å². The van der Waals surface area contributed by atoms with Crippen molar-refractivity contribution in [2.45, 2.75) is 6.42 Å². The highest BCUT2D eigenvalue weighted by atomic mass is 127. The van der Waals surface area contributed by atoms with Crippen LogP contribution in [0.3, 0.4) is 0 Å². The van der Waals surface area contributed by atoms with Crippen LogP contribution in [0.5, 0.6) is 0 Å². The molecule has 136 valence electrons. The molecule has 0 aliphatic heterocycles. The third kappa shape index (κ3) is 10.2. The maximum Gasteiger partial charge on any atom is 0.243 e. The molecule has 0 bridgehead atoms. The molecule has 0 radical (unpaired) electrons. The van der Waals surface area contributed by atoms with Crippen LogP contribution in [-0.2, 0) is 11.2 Å². The molecule has 1 amide bonds. The molecule has 0 spiro atoms. The Morgan fingerprint density at radius 1 is 1.29 bits per heavy atom. The number of carbonyl (C=O) groups excluding carboxylic acids is 1. The van der Waals surface area contributed by atoms with Gasteiger partial charge in [0.2, 0.25) is 5.91 Å². The summed E-state index contributed by atoms with van der Waals surface area (Å²) >= 11 is 7.74. The molecule has 0 aliphatic rings. The van der Waals surface area contributed by atoms with Crippen LogP contribution in [0.1, 0.15) is 5.56 Å². The van der Waals surface area contributed by atoms with Gasteiger partial charge in [0.1, 0.15) is 6.54 Å². The number of benzene rings is 1. The van der Waals surface area contributed by atoms with E-state index in [2.05, 4.69) is 21.9 Å². The van der Waals surface area contributed by atoms with Crippen molar-refractivity contribution in [3.05, 3.63) is 34.9 Å². The second-order valence-corrected chi connectivity index (χ2v) is 6.60. The average molecular weight is 485 g/mol. The van der Waals surface area contributed by atoms with Crippen molar-refractivity contribution in [3.8, 4) is 0 Å². The Labute approximate surface area is 171 Å². The van der Waals surface area contributed by atoms with Gasteiger partial charge in [-0.1, -0.05) is 23.7 Å². The molecule has 0 aromatic heterocycles. The van der Waals surface area contributed by atoms with Crippen molar-refractivity contribution < 1.29 is 4.79 Å². The highest BCUT2D eigenvalue weighted by Crippen LogP contribution is 2.10. The fourth-order valence-electron chi connectivity index (χ4n) is 1.75. The SMILES string of the molecule is CSCCNC(=NCC(=O)N(C)C)NCCc1cccc(Cl)c1.I. The molecule has 2 N–H and O–H groups in total. The van der Waals surface area contributed by atoms with Crippen LogP contribution in [0, 0.1) is 0 Å². The molecule has 0 fully saturated rings. The minimum absolute atomic E-state index is 0. The van der Waals surface area contributed by atoms with E-state index in [1.165, 1.54) is 4.90 Å². The Bertz CT molecular complexity index is 529. The number of likely N-dealkylation sites (N-methyl/N-ethyl adjacent to an activating group) is 1. The highest BCUT2D eigenvalue weighted by Gasteiger charge is 2.04. The molecule has 24 heavy (non-hydrogen) atoms. The van der Waals surface area contributed by atoms with E-state index in [1.54, 1.807) is 25.9 Å². The van der Waals surface area contributed by atoms with Crippen molar-refractivity contribution in [1.82, 2.24) is 15.5 Å². The van der Waals surface area contributed by atoms with Gasteiger partial charge in [-0.25, -0.2) is 4.99 Å². The first-order chi connectivity index (χ1) is 11.0. The van der Waals surface area contributed by atoms with Gasteiger partial charge in [-0.2, -0.15) is 11.8 Å². The molecule has 0 saturated heterocycles. The fourth-order valence-corrected chi connectivity index (χ4v) is 2.27. The fraction of sp³-hybridized carbons (Fsp3) is 0.500. The summed E-state index contributed by atoms with van der Waals surface area (Å²) in [7, 11) is 3.45. The Hall–Kier alpha value is -0.670. The highest BCUT2D eigenvalue weighted by molar-refractivity contribution is 14.0.